The van der Waals surface area contributed by atoms with Crippen molar-refractivity contribution in [2.45, 2.75) is 123 Å². The Morgan fingerprint density at radius 1 is 0.867 bits per heavy atom. The summed E-state index contributed by atoms with van der Waals surface area (Å²) < 4.78 is 11.3. The minimum Gasteiger partial charge on any atom is -0.373 e. The fourth-order valence-corrected chi connectivity index (χ4v) is 3.51. The van der Waals surface area contributed by atoms with Crippen LogP contribution in [-0.4, -0.2) is 37.0 Å². The van der Waals surface area contributed by atoms with Gasteiger partial charge in [0.05, 0.1) is 13.2 Å². The van der Waals surface area contributed by atoms with E-state index >= 15 is 0 Å². The molecule has 30 heavy (non-hydrogen) atoms. The number of rotatable bonds is 24. The Labute approximate surface area is 186 Å². The molecule has 0 radical (unpaired) electrons. The predicted octanol–water partition coefficient (Wildman–Crippen LogP) is 6.99. The van der Waals surface area contributed by atoms with E-state index in [9.17, 15) is 9.90 Å². The molecule has 0 aromatic rings. The van der Waals surface area contributed by atoms with Crippen LogP contribution >= 0.6 is 0 Å². The van der Waals surface area contributed by atoms with Crippen LogP contribution < -0.4 is 0 Å². The van der Waals surface area contributed by atoms with Crippen LogP contribution in [0.25, 0.3) is 0 Å². The van der Waals surface area contributed by atoms with Crippen LogP contribution in [0.1, 0.15) is 117 Å². The monoisotopic (exact) mass is 426 g/mol. The van der Waals surface area contributed by atoms with E-state index in [-0.39, 0.29) is 18.3 Å². The largest absolute Gasteiger partial charge is 0.373 e. The maximum Gasteiger partial charge on any atom is 0.158 e. The van der Waals surface area contributed by atoms with Gasteiger partial charge in [0.25, 0.3) is 0 Å². The lowest BCUT2D eigenvalue weighted by Gasteiger charge is -2.19. The molecule has 0 spiro atoms. The van der Waals surface area contributed by atoms with Crippen LogP contribution in [0.5, 0.6) is 0 Å². The Hall–Kier alpha value is -0.710. The van der Waals surface area contributed by atoms with E-state index in [1.807, 2.05) is 6.08 Å². The molecule has 0 aliphatic rings. The van der Waals surface area contributed by atoms with Crippen molar-refractivity contribution >= 4 is 5.78 Å². The summed E-state index contributed by atoms with van der Waals surface area (Å²) in [5, 5.41) is 10.1. The summed E-state index contributed by atoms with van der Waals surface area (Å²) in [6.07, 6.45) is 18.7. The minimum atomic E-state index is -0.697. The summed E-state index contributed by atoms with van der Waals surface area (Å²) in [5.74, 6) is 0.376. The van der Waals surface area contributed by atoms with Gasteiger partial charge in [-0.05, 0) is 32.1 Å². The first-order valence-electron chi connectivity index (χ1n) is 12.6. The molecule has 0 aliphatic carbocycles. The van der Waals surface area contributed by atoms with Crippen LogP contribution in [0, 0.1) is 5.92 Å². The highest BCUT2D eigenvalue weighted by atomic mass is 16.6. The second-order valence-corrected chi connectivity index (χ2v) is 8.65. The molecular weight excluding hydrogens is 376 g/mol. The number of hydrogen-bond donors (Lipinski definition) is 1. The third-order valence-corrected chi connectivity index (χ3v) is 5.53. The van der Waals surface area contributed by atoms with E-state index in [1.54, 1.807) is 0 Å². The van der Waals surface area contributed by atoms with Crippen molar-refractivity contribution < 1.29 is 19.4 Å². The number of aliphatic hydroxyl groups is 1. The Kier molecular flexibility index (Phi) is 22.4. The number of hydrogen-bond acceptors (Lipinski definition) is 4. The Bertz CT molecular complexity index is 383. The second kappa shape index (κ2) is 23.0. The average molecular weight is 427 g/mol. The number of ketones is 1. The van der Waals surface area contributed by atoms with Gasteiger partial charge >= 0.3 is 0 Å². The van der Waals surface area contributed by atoms with Crippen LogP contribution in [0.2, 0.25) is 0 Å². The molecule has 0 bridgehead atoms. The maximum atomic E-state index is 12.0. The van der Waals surface area contributed by atoms with Gasteiger partial charge in [0.2, 0.25) is 0 Å². The molecule has 0 aromatic carbocycles. The van der Waals surface area contributed by atoms with Gasteiger partial charge in [-0.2, -0.15) is 0 Å². The van der Waals surface area contributed by atoms with Crippen LogP contribution in [0.4, 0.5) is 0 Å². The third-order valence-electron chi connectivity index (χ3n) is 5.53. The molecule has 0 fully saturated rings. The van der Waals surface area contributed by atoms with Crippen LogP contribution in [0.3, 0.4) is 0 Å². The van der Waals surface area contributed by atoms with Gasteiger partial charge in [-0.3, -0.25) is 4.79 Å². The first kappa shape index (κ1) is 29.3. The lowest BCUT2D eigenvalue weighted by atomic mass is 10.1. The highest BCUT2D eigenvalue weighted by molar-refractivity contribution is 5.79. The quantitative estimate of drug-likeness (QED) is 0.103. The number of aliphatic hydroxyl groups excluding tert-OH is 1. The molecule has 1 N–H and O–H groups in total. The van der Waals surface area contributed by atoms with Crippen molar-refractivity contribution in [1.29, 1.82) is 0 Å². The molecule has 0 saturated heterocycles. The van der Waals surface area contributed by atoms with Crippen molar-refractivity contribution in [3.63, 3.8) is 0 Å². The molecule has 0 heterocycles. The molecular formula is C26H50O4. The summed E-state index contributed by atoms with van der Waals surface area (Å²) in [7, 11) is 0. The summed E-state index contributed by atoms with van der Waals surface area (Å²) in [4.78, 5) is 12.0. The predicted molar refractivity (Wildman–Crippen MR) is 127 cm³/mol. The SMILES string of the molecule is C=CCCC(COCC(=O)CCCCCCCC)COC(O)CCCCCCCC. The van der Waals surface area contributed by atoms with Crippen molar-refractivity contribution in [3.05, 3.63) is 12.7 Å². The number of carbonyl (C=O) groups excluding carboxylic acids is 1. The molecule has 0 saturated carbocycles. The van der Waals surface area contributed by atoms with E-state index in [0.29, 0.717) is 26.1 Å². The molecule has 0 rings (SSSR count). The molecule has 2 unspecified atom stereocenters. The van der Waals surface area contributed by atoms with Gasteiger partial charge in [0, 0.05) is 12.3 Å². The topological polar surface area (TPSA) is 55.8 Å². The molecule has 0 aliphatic heterocycles. The molecule has 4 nitrogen and oxygen atoms in total. The minimum absolute atomic E-state index is 0.184. The van der Waals surface area contributed by atoms with Crippen LogP contribution in [-0.2, 0) is 14.3 Å². The Morgan fingerprint density at radius 2 is 1.47 bits per heavy atom. The molecule has 178 valence electrons. The summed E-state index contributed by atoms with van der Waals surface area (Å²) >= 11 is 0. The van der Waals surface area contributed by atoms with Gasteiger partial charge < -0.3 is 14.6 Å². The van der Waals surface area contributed by atoms with Crippen LogP contribution in [0.15, 0.2) is 12.7 Å². The number of allylic oxidation sites excluding steroid dienone is 1. The first-order chi connectivity index (χ1) is 14.6. The van der Waals surface area contributed by atoms with E-state index < -0.39 is 6.29 Å². The third kappa shape index (κ3) is 20.6. The zero-order chi connectivity index (χ0) is 22.3. The van der Waals surface area contributed by atoms with Crippen molar-refractivity contribution in [2.24, 2.45) is 5.92 Å². The Morgan fingerprint density at radius 3 is 2.10 bits per heavy atom. The smallest absolute Gasteiger partial charge is 0.158 e. The van der Waals surface area contributed by atoms with Crippen molar-refractivity contribution in [3.8, 4) is 0 Å². The number of unbranched alkanes of at least 4 members (excludes halogenated alkanes) is 10. The number of carbonyl (C=O) groups is 1. The lowest BCUT2D eigenvalue weighted by molar-refractivity contribution is -0.129. The highest BCUT2D eigenvalue weighted by Gasteiger charge is 2.13. The van der Waals surface area contributed by atoms with E-state index in [4.69, 9.17) is 9.47 Å². The zero-order valence-corrected chi connectivity index (χ0v) is 20.0. The van der Waals surface area contributed by atoms with E-state index in [2.05, 4.69) is 20.4 Å². The highest BCUT2D eigenvalue weighted by Crippen LogP contribution is 2.13. The van der Waals surface area contributed by atoms with E-state index in [0.717, 1.165) is 38.5 Å². The van der Waals surface area contributed by atoms with Gasteiger partial charge in [0.15, 0.2) is 12.1 Å². The maximum absolute atomic E-state index is 12.0. The van der Waals surface area contributed by atoms with Gasteiger partial charge in [-0.1, -0.05) is 84.1 Å². The normalized spacial score (nSPS) is 13.3. The number of Topliss-reactive ketones (excluding diaryl/α,β-unsaturated/α-hetero) is 1. The fraction of sp³-hybridized carbons (Fsp3) is 0.885. The summed E-state index contributed by atoms with van der Waals surface area (Å²) in [5.41, 5.74) is 0. The molecule has 2 atom stereocenters. The fourth-order valence-electron chi connectivity index (χ4n) is 3.51. The molecule has 0 amide bonds. The van der Waals surface area contributed by atoms with Crippen molar-refractivity contribution in [2.75, 3.05) is 19.8 Å². The molecule has 0 aromatic heterocycles. The standard InChI is InChI=1S/C26H50O4/c1-4-7-10-12-14-16-19-25(27)23-29-21-24(18-9-6-3)22-30-26(28)20-17-15-13-11-8-5-2/h6,24,26,28H,3-5,7-23H2,1-2H3. The second-order valence-electron chi connectivity index (χ2n) is 8.65. The zero-order valence-electron chi connectivity index (χ0n) is 20.0. The first-order valence-corrected chi connectivity index (χ1v) is 12.6. The number of ether oxygens (including phenoxy) is 2. The van der Waals surface area contributed by atoms with Crippen molar-refractivity contribution in [1.82, 2.24) is 0 Å². The average Bonchev–Trinajstić information content (AvgIpc) is 2.74. The molecule has 4 heteroatoms. The summed E-state index contributed by atoms with van der Waals surface area (Å²) in [6.45, 7) is 9.38. The van der Waals surface area contributed by atoms with Gasteiger partial charge in [0.1, 0.15) is 6.61 Å². The lowest BCUT2D eigenvalue weighted by Crippen LogP contribution is -2.23. The van der Waals surface area contributed by atoms with E-state index in [1.165, 1.54) is 51.4 Å². The Balaban J connectivity index is 3.87. The van der Waals surface area contributed by atoms with Gasteiger partial charge in [-0.15, -0.1) is 6.58 Å². The van der Waals surface area contributed by atoms with Gasteiger partial charge in [-0.25, -0.2) is 0 Å². The summed E-state index contributed by atoms with van der Waals surface area (Å²) in [6, 6.07) is 0.